The van der Waals surface area contributed by atoms with Gasteiger partial charge in [-0.2, -0.15) is 0 Å². The summed E-state index contributed by atoms with van der Waals surface area (Å²) in [7, 11) is 0. The van der Waals surface area contributed by atoms with Crippen molar-refractivity contribution in [3.63, 3.8) is 0 Å². The molecule has 1 aliphatic heterocycles. The van der Waals surface area contributed by atoms with Gasteiger partial charge in [-0.05, 0) is 52.2 Å². The average molecular weight is 454 g/mol. The van der Waals surface area contributed by atoms with Crippen molar-refractivity contribution in [2.45, 2.75) is 77.0 Å². The lowest BCUT2D eigenvalue weighted by Gasteiger charge is -2.45. The van der Waals surface area contributed by atoms with E-state index in [0.717, 1.165) is 17.5 Å². The highest BCUT2D eigenvalue weighted by molar-refractivity contribution is 5.82. The van der Waals surface area contributed by atoms with E-state index in [9.17, 15) is 14.7 Å². The van der Waals surface area contributed by atoms with Gasteiger partial charge in [0.05, 0.1) is 0 Å². The number of aliphatic carboxylic acids is 1. The highest BCUT2D eigenvalue weighted by Gasteiger charge is 2.45. The van der Waals surface area contributed by atoms with Crippen molar-refractivity contribution in [1.82, 2.24) is 15.5 Å². The molecule has 1 saturated heterocycles. The number of rotatable bonds is 6. The van der Waals surface area contributed by atoms with Gasteiger partial charge >= 0.3 is 12.1 Å². The lowest BCUT2D eigenvalue weighted by Crippen LogP contribution is -2.69. The van der Waals surface area contributed by atoms with Crippen molar-refractivity contribution < 1.29 is 19.4 Å². The number of carboxylic acid groups (broad SMARTS) is 1. The minimum atomic E-state index is -1.22. The predicted molar refractivity (Wildman–Crippen MR) is 128 cm³/mol. The Morgan fingerprint density at radius 3 is 1.79 bits per heavy atom. The summed E-state index contributed by atoms with van der Waals surface area (Å²) < 4.78 is 5.72. The zero-order valence-electron chi connectivity index (χ0n) is 20.0. The lowest BCUT2D eigenvalue weighted by atomic mass is 9.84. The monoisotopic (exact) mass is 453 g/mol. The Morgan fingerprint density at radius 2 is 1.39 bits per heavy atom. The number of carboxylic acids is 1. The second kappa shape index (κ2) is 10.4. The fraction of sp³-hybridized carbons (Fsp3) is 0.462. The van der Waals surface area contributed by atoms with Crippen LogP contribution in [0.1, 0.15) is 58.1 Å². The summed E-state index contributed by atoms with van der Waals surface area (Å²) in [6.45, 7) is 9.38. The Labute approximate surface area is 196 Å². The molecule has 3 atom stereocenters. The van der Waals surface area contributed by atoms with Crippen LogP contribution in [0.25, 0.3) is 0 Å². The molecule has 2 aromatic carbocycles. The van der Waals surface area contributed by atoms with E-state index >= 15 is 0 Å². The van der Waals surface area contributed by atoms with Crippen molar-refractivity contribution in [1.29, 1.82) is 0 Å². The van der Waals surface area contributed by atoms with E-state index < -0.39 is 35.9 Å². The molecule has 2 aromatic rings. The van der Waals surface area contributed by atoms with Gasteiger partial charge in [-0.1, -0.05) is 60.7 Å². The maximum Gasteiger partial charge on any atom is 0.413 e. The first-order valence-corrected chi connectivity index (χ1v) is 11.4. The van der Waals surface area contributed by atoms with E-state index in [2.05, 4.69) is 10.6 Å². The number of ether oxygens (including phenoxy) is 1. The van der Waals surface area contributed by atoms with Gasteiger partial charge in [0.25, 0.3) is 0 Å². The van der Waals surface area contributed by atoms with E-state index in [0.29, 0.717) is 0 Å². The molecule has 1 amide bonds. The minimum absolute atomic E-state index is 0.0949. The van der Waals surface area contributed by atoms with Crippen molar-refractivity contribution in [2.75, 3.05) is 0 Å². The Hall–Kier alpha value is -2.90. The highest BCUT2D eigenvalue weighted by atomic mass is 16.6. The van der Waals surface area contributed by atoms with Crippen LogP contribution in [0, 0.1) is 0 Å². The predicted octanol–water partition coefficient (Wildman–Crippen LogP) is 4.15. The first-order valence-electron chi connectivity index (χ1n) is 11.4. The Morgan fingerprint density at radius 1 is 0.939 bits per heavy atom. The molecular weight excluding hydrogens is 418 g/mol. The number of benzene rings is 2. The van der Waals surface area contributed by atoms with Gasteiger partial charge in [0.1, 0.15) is 17.9 Å². The number of amides is 1. The van der Waals surface area contributed by atoms with Crippen LogP contribution in [-0.4, -0.2) is 52.1 Å². The Balaban J connectivity index is 2.15. The van der Waals surface area contributed by atoms with Gasteiger partial charge in [0.15, 0.2) is 0 Å². The fourth-order valence-corrected chi connectivity index (χ4v) is 4.41. The van der Waals surface area contributed by atoms with Crippen LogP contribution >= 0.6 is 0 Å². The molecule has 0 bridgehead atoms. The molecule has 1 aliphatic rings. The summed E-state index contributed by atoms with van der Waals surface area (Å²) in [4.78, 5) is 27.8. The van der Waals surface area contributed by atoms with E-state index in [1.807, 2.05) is 74.5 Å². The molecule has 1 heterocycles. The van der Waals surface area contributed by atoms with Crippen LogP contribution in [0.5, 0.6) is 0 Å². The SMILES string of the molecule is CC1CC(C)NC(N(C(=O)OC(C)(C)C)C(C(=O)O)C(c2ccccc2)c2ccccc2)N1. The standard InChI is InChI=1S/C26H35N3O4/c1-17-16-18(2)28-24(27-17)29(25(32)33-26(3,4)5)22(23(30)31)21(19-12-8-6-9-13-19)20-14-10-7-11-15-20/h6-15,17-18,21-22,24,27-28H,16H2,1-5H3,(H,30,31). The number of nitrogens with zero attached hydrogens (tertiary/aromatic N) is 1. The first kappa shape index (κ1) is 24.7. The molecule has 1 fully saturated rings. The quantitative estimate of drug-likeness (QED) is 0.609. The van der Waals surface area contributed by atoms with Crippen LogP contribution in [0.2, 0.25) is 0 Å². The molecule has 3 unspecified atom stereocenters. The maximum absolute atomic E-state index is 13.5. The molecule has 7 heteroatoms. The summed E-state index contributed by atoms with van der Waals surface area (Å²) in [5.41, 5.74) is 0.836. The molecule has 178 valence electrons. The maximum atomic E-state index is 13.5. The summed E-state index contributed by atoms with van der Waals surface area (Å²) in [5.74, 6) is -1.71. The second-order valence-electron chi connectivity index (χ2n) is 9.74. The number of nitrogens with one attached hydrogen (secondary N) is 2. The first-order chi connectivity index (χ1) is 15.6. The van der Waals surface area contributed by atoms with E-state index in [1.165, 1.54) is 4.90 Å². The number of carbonyl (C=O) groups excluding carboxylic acids is 1. The van der Waals surface area contributed by atoms with Crippen LogP contribution in [0.15, 0.2) is 60.7 Å². The molecule has 0 spiro atoms. The molecular formula is C26H35N3O4. The van der Waals surface area contributed by atoms with Gasteiger partial charge in [0, 0.05) is 18.0 Å². The Kier molecular flexibility index (Phi) is 7.76. The molecule has 3 rings (SSSR count). The zero-order valence-corrected chi connectivity index (χ0v) is 20.0. The van der Waals surface area contributed by atoms with Gasteiger partial charge in [-0.3, -0.25) is 15.5 Å². The summed E-state index contributed by atoms with van der Waals surface area (Å²) in [6, 6.07) is 17.9. The van der Waals surface area contributed by atoms with Crippen molar-refractivity contribution in [3.8, 4) is 0 Å². The lowest BCUT2D eigenvalue weighted by molar-refractivity contribution is -0.146. The summed E-state index contributed by atoms with van der Waals surface area (Å²) >= 11 is 0. The molecule has 33 heavy (non-hydrogen) atoms. The van der Waals surface area contributed by atoms with E-state index in [4.69, 9.17) is 4.74 Å². The third-order valence-corrected chi connectivity index (χ3v) is 5.66. The number of carbonyl (C=O) groups is 2. The Bertz CT molecular complexity index is 880. The normalized spacial score (nSPS) is 21.9. The average Bonchev–Trinajstić information content (AvgIpc) is 2.72. The van der Waals surface area contributed by atoms with E-state index in [1.54, 1.807) is 20.8 Å². The second-order valence-corrected chi connectivity index (χ2v) is 9.74. The zero-order chi connectivity index (χ0) is 24.2. The smallest absolute Gasteiger partial charge is 0.413 e. The largest absolute Gasteiger partial charge is 0.480 e. The molecule has 0 saturated carbocycles. The van der Waals surface area contributed by atoms with Gasteiger partial charge in [0.2, 0.25) is 0 Å². The minimum Gasteiger partial charge on any atom is -0.480 e. The third kappa shape index (κ3) is 6.33. The molecule has 3 N–H and O–H groups in total. The van der Waals surface area contributed by atoms with Gasteiger partial charge in [-0.15, -0.1) is 0 Å². The third-order valence-electron chi connectivity index (χ3n) is 5.66. The fourth-order valence-electron chi connectivity index (χ4n) is 4.41. The van der Waals surface area contributed by atoms with Crippen molar-refractivity contribution in [3.05, 3.63) is 71.8 Å². The molecule has 0 aromatic heterocycles. The van der Waals surface area contributed by atoms with Crippen molar-refractivity contribution >= 4 is 12.1 Å². The van der Waals surface area contributed by atoms with Crippen LogP contribution in [0.3, 0.4) is 0 Å². The summed E-state index contributed by atoms with van der Waals surface area (Å²) in [6.07, 6.45) is -0.523. The molecule has 0 radical (unpaired) electrons. The molecule has 0 aliphatic carbocycles. The van der Waals surface area contributed by atoms with Crippen LogP contribution in [0.4, 0.5) is 4.79 Å². The van der Waals surface area contributed by atoms with E-state index in [-0.39, 0.29) is 12.1 Å². The van der Waals surface area contributed by atoms with Crippen molar-refractivity contribution in [2.24, 2.45) is 0 Å². The van der Waals surface area contributed by atoms with Crippen LogP contribution in [-0.2, 0) is 9.53 Å². The topological polar surface area (TPSA) is 90.9 Å². The summed E-state index contributed by atoms with van der Waals surface area (Å²) in [5, 5.41) is 17.3. The highest BCUT2D eigenvalue weighted by Crippen LogP contribution is 2.33. The molecule has 7 nitrogen and oxygen atoms in total. The van der Waals surface area contributed by atoms with Gasteiger partial charge in [-0.25, -0.2) is 9.59 Å². The number of hydrogen-bond acceptors (Lipinski definition) is 5. The number of hydrogen-bond donors (Lipinski definition) is 3. The van der Waals surface area contributed by atoms with Gasteiger partial charge < -0.3 is 9.84 Å². The van der Waals surface area contributed by atoms with Crippen LogP contribution < -0.4 is 10.6 Å².